The predicted octanol–water partition coefficient (Wildman–Crippen LogP) is 3.29. The average Bonchev–Trinajstić information content (AvgIpc) is 3.11. The number of aliphatic hydroxyl groups is 1. The van der Waals surface area contributed by atoms with Crippen LogP contribution in [-0.4, -0.2) is 39.8 Å². The van der Waals surface area contributed by atoms with Gasteiger partial charge in [-0.05, 0) is 55.6 Å². The molecule has 1 aliphatic heterocycles. The maximum absolute atomic E-state index is 10.8. The van der Waals surface area contributed by atoms with Crippen LogP contribution in [0.5, 0.6) is 5.75 Å². The Bertz CT molecular complexity index is 739. The molecule has 2 aromatic rings. The van der Waals surface area contributed by atoms with Crippen molar-refractivity contribution >= 4 is 5.97 Å². The Hall–Kier alpha value is -2.31. The Morgan fingerprint density at radius 3 is 2.69 bits per heavy atom. The molecule has 0 aliphatic carbocycles. The number of furan rings is 1. The first-order valence-electron chi connectivity index (χ1n) is 8.96. The summed E-state index contributed by atoms with van der Waals surface area (Å²) in [6.07, 6.45) is 2.68. The Labute approximate surface area is 153 Å². The lowest BCUT2D eigenvalue weighted by atomic mass is 9.90. The molecule has 1 saturated heterocycles. The molecule has 0 bridgehead atoms. The lowest BCUT2D eigenvalue weighted by Gasteiger charge is -2.38. The van der Waals surface area contributed by atoms with Gasteiger partial charge in [-0.15, -0.1) is 0 Å². The van der Waals surface area contributed by atoms with E-state index >= 15 is 0 Å². The van der Waals surface area contributed by atoms with E-state index in [1.165, 1.54) is 11.6 Å². The van der Waals surface area contributed by atoms with Crippen LogP contribution in [0.2, 0.25) is 0 Å². The van der Waals surface area contributed by atoms with Gasteiger partial charge in [-0.25, -0.2) is 4.79 Å². The minimum atomic E-state index is -1.09. The Morgan fingerprint density at radius 2 is 2.04 bits per heavy atom. The van der Waals surface area contributed by atoms with Gasteiger partial charge in [0.15, 0.2) is 0 Å². The van der Waals surface area contributed by atoms with Gasteiger partial charge in [-0.2, -0.15) is 0 Å². The maximum Gasteiger partial charge on any atom is 0.371 e. The van der Waals surface area contributed by atoms with Crippen LogP contribution in [0.3, 0.4) is 0 Å². The van der Waals surface area contributed by atoms with Crippen molar-refractivity contribution in [2.45, 2.75) is 44.9 Å². The number of hydrogen-bond acceptors (Lipinski definition) is 5. The van der Waals surface area contributed by atoms with Gasteiger partial charge in [0.25, 0.3) is 0 Å². The van der Waals surface area contributed by atoms with Gasteiger partial charge in [0, 0.05) is 13.1 Å². The van der Waals surface area contributed by atoms with Gasteiger partial charge in [0.05, 0.1) is 5.60 Å². The van der Waals surface area contributed by atoms with E-state index in [2.05, 4.69) is 4.90 Å². The molecule has 1 atom stereocenters. The summed E-state index contributed by atoms with van der Waals surface area (Å²) < 4.78 is 10.8. The number of aromatic carboxylic acids is 1. The molecule has 0 unspecified atom stereocenters. The molecular formula is C20H25NO5. The number of nitrogens with zero attached hydrogens (tertiary/aromatic N) is 1. The van der Waals surface area contributed by atoms with E-state index in [1.54, 1.807) is 6.07 Å². The van der Waals surface area contributed by atoms with Crippen LogP contribution in [-0.2, 0) is 13.2 Å². The van der Waals surface area contributed by atoms with Crippen molar-refractivity contribution in [1.29, 1.82) is 0 Å². The number of benzene rings is 1. The van der Waals surface area contributed by atoms with Crippen molar-refractivity contribution in [3.05, 3.63) is 53.5 Å². The number of rotatable bonds is 7. The van der Waals surface area contributed by atoms with Crippen molar-refractivity contribution in [2.24, 2.45) is 0 Å². The second-order valence-corrected chi connectivity index (χ2v) is 6.90. The molecule has 140 valence electrons. The molecule has 26 heavy (non-hydrogen) atoms. The highest BCUT2D eigenvalue weighted by Gasteiger charge is 2.31. The molecule has 2 N–H and O–H groups in total. The van der Waals surface area contributed by atoms with Gasteiger partial charge in [0.2, 0.25) is 5.76 Å². The van der Waals surface area contributed by atoms with Gasteiger partial charge >= 0.3 is 5.97 Å². The summed E-state index contributed by atoms with van der Waals surface area (Å²) in [6, 6.07) is 10.8. The summed E-state index contributed by atoms with van der Waals surface area (Å²) in [6.45, 7) is 4.75. The van der Waals surface area contributed by atoms with Crippen LogP contribution in [0, 0.1) is 0 Å². The fourth-order valence-electron chi connectivity index (χ4n) is 3.30. The molecule has 3 rings (SSSR count). The lowest BCUT2D eigenvalue weighted by Crippen LogP contribution is -2.47. The number of piperidine rings is 1. The fraction of sp³-hybridized carbons (Fsp3) is 0.450. The Balaban J connectivity index is 1.52. The molecule has 0 saturated carbocycles. The summed E-state index contributed by atoms with van der Waals surface area (Å²) in [5.74, 6) is -0.00909. The standard InChI is InChI=1S/C20H25NO5/c1-2-20(24)10-3-11-21(14-20)12-15-4-6-16(7-5-15)25-13-17-8-9-18(26-17)19(22)23/h4-9,24H,2-3,10-14H2,1H3,(H,22,23)/t20-/m1/s1. The van der Waals surface area contributed by atoms with Crippen LogP contribution < -0.4 is 4.74 Å². The lowest BCUT2D eigenvalue weighted by molar-refractivity contribution is -0.0357. The monoisotopic (exact) mass is 359 g/mol. The number of ether oxygens (including phenoxy) is 1. The SMILES string of the molecule is CC[C@@]1(O)CCCN(Cc2ccc(OCc3ccc(C(=O)O)o3)cc2)C1. The minimum absolute atomic E-state index is 0.0903. The molecule has 6 heteroatoms. The summed E-state index contributed by atoms with van der Waals surface area (Å²) >= 11 is 0. The molecule has 0 amide bonds. The molecule has 1 fully saturated rings. The van der Waals surface area contributed by atoms with Crippen molar-refractivity contribution in [2.75, 3.05) is 13.1 Å². The largest absolute Gasteiger partial charge is 0.486 e. The van der Waals surface area contributed by atoms with Crippen molar-refractivity contribution in [1.82, 2.24) is 4.90 Å². The van der Waals surface area contributed by atoms with E-state index in [0.717, 1.165) is 32.4 Å². The van der Waals surface area contributed by atoms with E-state index in [9.17, 15) is 9.90 Å². The van der Waals surface area contributed by atoms with Gasteiger partial charge < -0.3 is 19.4 Å². The number of hydrogen-bond donors (Lipinski definition) is 2. The molecule has 0 spiro atoms. The highest BCUT2D eigenvalue weighted by atomic mass is 16.5. The molecule has 1 aliphatic rings. The van der Waals surface area contributed by atoms with Crippen molar-refractivity contribution < 1.29 is 24.2 Å². The number of carboxylic acids is 1. The van der Waals surface area contributed by atoms with Crippen molar-refractivity contribution in [3.63, 3.8) is 0 Å². The van der Waals surface area contributed by atoms with Crippen LogP contribution >= 0.6 is 0 Å². The third-order valence-electron chi connectivity index (χ3n) is 4.88. The second kappa shape index (κ2) is 7.93. The first-order valence-corrected chi connectivity index (χ1v) is 8.96. The average molecular weight is 359 g/mol. The van der Waals surface area contributed by atoms with Crippen LogP contribution in [0.15, 0.2) is 40.8 Å². The van der Waals surface area contributed by atoms with Crippen LogP contribution in [0.25, 0.3) is 0 Å². The molecular weight excluding hydrogens is 334 g/mol. The van der Waals surface area contributed by atoms with Crippen LogP contribution in [0.1, 0.15) is 48.1 Å². The van der Waals surface area contributed by atoms with Gasteiger partial charge in [-0.3, -0.25) is 4.90 Å². The zero-order valence-electron chi connectivity index (χ0n) is 15.0. The number of β-amino-alcohol motifs (C(OH)–C–C–N with tert-alkyl or cyclic N) is 1. The smallest absolute Gasteiger partial charge is 0.371 e. The quantitative estimate of drug-likeness (QED) is 0.789. The third-order valence-corrected chi connectivity index (χ3v) is 4.88. The Morgan fingerprint density at radius 1 is 1.27 bits per heavy atom. The molecule has 0 radical (unpaired) electrons. The zero-order valence-corrected chi connectivity index (χ0v) is 15.0. The zero-order chi connectivity index (χ0) is 18.6. The normalized spacial score (nSPS) is 20.8. The van der Waals surface area contributed by atoms with Gasteiger partial charge in [-0.1, -0.05) is 19.1 Å². The molecule has 2 heterocycles. The highest BCUT2D eigenvalue weighted by molar-refractivity contribution is 5.84. The van der Waals surface area contributed by atoms with E-state index < -0.39 is 11.6 Å². The highest BCUT2D eigenvalue weighted by Crippen LogP contribution is 2.25. The summed E-state index contributed by atoms with van der Waals surface area (Å²) in [5.41, 5.74) is 0.614. The van der Waals surface area contributed by atoms with E-state index in [4.69, 9.17) is 14.3 Å². The summed E-state index contributed by atoms with van der Waals surface area (Å²) in [7, 11) is 0. The minimum Gasteiger partial charge on any atom is -0.486 e. The molecule has 6 nitrogen and oxygen atoms in total. The van der Waals surface area contributed by atoms with E-state index in [1.807, 2.05) is 31.2 Å². The van der Waals surface area contributed by atoms with E-state index in [-0.39, 0.29) is 12.4 Å². The summed E-state index contributed by atoms with van der Waals surface area (Å²) in [4.78, 5) is 13.1. The molecule has 1 aromatic carbocycles. The van der Waals surface area contributed by atoms with Crippen molar-refractivity contribution in [3.8, 4) is 5.75 Å². The number of carboxylic acid groups (broad SMARTS) is 1. The molecule has 1 aromatic heterocycles. The predicted molar refractivity (Wildman–Crippen MR) is 96.2 cm³/mol. The fourth-order valence-corrected chi connectivity index (χ4v) is 3.30. The van der Waals surface area contributed by atoms with E-state index in [0.29, 0.717) is 18.1 Å². The first-order chi connectivity index (χ1) is 12.5. The van der Waals surface area contributed by atoms with Crippen LogP contribution in [0.4, 0.5) is 0 Å². The Kier molecular flexibility index (Phi) is 5.64. The third kappa shape index (κ3) is 4.65. The maximum atomic E-state index is 10.8. The summed E-state index contributed by atoms with van der Waals surface area (Å²) in [5, 5.41) is 19.3. The first kappa shape index (κ1) is 18.5. The van der Waals surface area contributed by atoms with Gasteiger partial charge in [0.1, 0.15) is 18.1 Å². The number of likely N-dealkylation sites (tertiary alicyclic amines) is 1. The number of carbonyl (C=O) groups is 1. The second-order valence-electron chi connectivity index (χ2n) is 6.90. The topological polar surface area (TPSA) is 83.1 Å².